The first kappa shape index (κ1) is 14.0. The van der Waals surface area contributed by atoms with Gasteiger partial charge in [0.05, 0.1) is 0 Å². The van der Waals surface area contributed by atoms with E-state index in [2.05, 4.69) is 49.4 Å². The minimum Gasteiger partial charge on any atom is -0.368 e. The van der Waals surface area contributed by atoms with E-state index in [9.17, 15) is 0 Å². The third-order valence-electron chi connectivity index (χ3n) is 3.36. The third-order valence-corrected chi connectivity index (χ3v) is 3.36. The molecule has 17 heavy (non-hydrogen) atoms. The fraction of sp³-hybridized carbons (Fsp3) is 0.643. The third kappa shape index (κ3) is 2.78. The van der Waals surface area contributed by atoms with Gasteiger partial charge in [0.15, 0.2) is 0 Å². The summed E-state index contributed by atoms with van der Waals surface area (Å²) in [6.07, 6.45) is 3.94. The number of pyridine rings is 1. The number of fused-ring (bicyclic) bond motifs is 1. The predicted molar refractivity (Wildman–Crippen MR) is 74.4 cm³/mol. The normalized spacial score (nSPS) is 18.1. The van der Waals surface area contributed by atoms with Gasteiger partial charge >= 0.3 is 0 Å². The van der Waals surface area contributed by atoms with Gasteiger partial charge in [0.25, 0.3) is 0 Å². The first-order valence-corrected chi connectivity index (χ1v) is 6.39. The van der Waals surface area contributed by atoms with Crippen molar-refractivity contribution in [2.45, 2.75) is 39.7 Å². The van der Waals surface area contributed by atoms with E-state index in [0.29, 0.717) is 17.9 Å². The summed E-state index contributed by atoms with van der Waals surface area (Å²) >= 11 is 0. The van der Waals surface area contributed by atoms with Crippen LogP contribution in [-0.2, 0) is 0 Å². The van der Waals surface area contributed by atoms with E-state index in [1.165, 1.54) is 18.3 Å². The second-order valence-corrected chi connectivity index (χ2v) is 5.03. The van der Waals surface area contributed by atoms with Crippen LogP contribution in [0.5, 0.6) is 0 Å². The Balaban J connectivity index is 0.000000686. The van der Waals surface area contributed by atoms with Gasteiger partial charge in [-0.05, 0) is 38.4 Å². The number of anilines is 1. The summed E-state index contributed by atoms with van der Waals surface area (Å²) in [4.78, 5) is 6.74. The Labute approximate surface area is 105 Å². The molecule has 1 aliphatic rings. The van der Waals surface area contributed by atoms with Crippen molar-refractivity contribution in [2.24, 2.45) is 11.7 Å². The van der Waals surface area contributed by atoms with Crippen LogP contribution in [0.4, 0.5) is 5.69 Å². The molecule has 0 saturated carbocycles. The van der Waals surface area contributed by atoms with Crippen LogP contribution in [0.1, 0.15) is 39.2 Å². The lowest BCUT2D eigenvalue weighted by atomic mass is 9.91. The molecule has 0 radical (unpaired) electrons. The van der Waals surface area contributed by atoms with Gasteiger partial charge in [-0.3, -0.25) is 4.98 Å². The Hall–Kier alpha value is -1.09. The van der Waals surface area contributed by atoms with Crippen molar-refractivity contribution >= 4 is 5.69 Å². The SMILES string of the molecule is CC(C)C1CN(C(C)C)c2ccncc21.CN. The lowest BCUT2D eigenvalue weighted by molar-refractivity contribution is 0.504. The summed E-state index contributed by atoms with van der Waals surface area (Å²) in [6, 6.07) is 2.73. The van der Waals surface area contributed by atoms with Crippen LogP contribution in [0.3, 0.4) is 0 Å². The minimum absolute atomic E-state index is 0.579. The molecule has 1 atom stereocenters. The molecule has 0 aliphatic carbocycles. The zero-order valence-corrected chi connectivity index (χ0v) is 11.6. The van der Waals surface area contributed by atoms with Crippen molar-refractivity contribution in [2.75, 3.05) is 18.5 Å². The molecule has 2 rings (SSSR count). The Bertz CT molecular complexity index is 314. The van der Waals surface area contributed by atoms with E-state index < -0.39 is 0 Å². The maximum absolute atomic E-state index is 4.50. The van der Waals surface area contributed by atoms with Gasteiger partial charge in [0.2, 0.25) is 0 Å². The van der Waals surface area contributed by atoms with Crippen LogP contribution in [0, 0.1) is 5.92 Å². The maximum Gasteiger partial charge on any atom is 0.0435 e. The van der Waals surface area contributed by atoms with Crippen molar-refractivity contribution in [1.82, 2.24) is 4.98 Å². The van der Waals surface area contributed by atoms with Crippen molar-refractivity contribution in [3.05, 3.63) is 24.0 Å². The molecule has 0 amide bonds. The molecule has 3 nitrogen and oxygen atoms in total. The molecule has 1 aromatic heterocycles. The molecule has 1 aliphatic heterocycles. The van der Waals surface area contributed by atoms with Gasteiger partial charge in [0.1, 0.15) is 0 Å². The monoisotopic (exact) mass is 235 g/mol. The summed E-state index contributed by atoms with van der Waals surface area (Å²) in [6.45, 7) is 10.3. The Morgan fingerprint density at radius 1 is 1.29 bits per heavy atom. The number of nitrogens with two attached hydrogens (primary N) is 1. The number of hydrogen-bond acceptors (Lipinski definition) is 3. The summed E-state index contributed by atoms with van der Waals surface area (Å²) < 4.78 is 0. The number of nitrogens with zero attached hydrogens (tertiary/aromatic N) is 2. The van der Waals surface area contributed by atoms with Crippen LogP contribution < -0.4 is 10.6 Å². The van der Waals surface area contributed by atoms with Gasteiger partial charge in [-0.25, -0.2) is 0 Å². The van der Waals surface area contributed by atoms with Crippen LogP contribution in [-0.4, -0.2) is 24.6 Å². The molecule has 0 fully saturated rings. The zero-order chi connectivity index (χ0) is 13.0. The van der Waals surface area contributed by atoms with E-state index in [-0.39, 0.29) is 0 Å². The Morgan fingerprint density at radius 2 is 1.94 bits per heavy atom. The Kier molecular flexibility index (Phi) is 4.94. The standard InChI is InChI=1S/C13H20N2.CH5N/c1-9(2)12-8-15(10(3)4)13-5-6-14-7-11(12)13;1-2/h5-7,9-10,12H,8H2,1-4H3;2H2,1H3. The summed E-state index contributed by atoms with van der Waals surface area (Å²) in [5.41, 5.74) is 7.32. The number of rotatable bonds is 2. The lowest BCUT2D eigenvalue weighted by Crippen LogP contribution is -2.30. The first-order valence-electron chi connectivity index (χ1n) is 6.39. The molecular weight excluding hydrogens is 210 g/mol. The molecule has 0 aromatic carbocycles. The van der Waals surface area contributed by atoms with Crippen molar-refractivity contribution in [3.63, 3.8) is 0 Å². The smallest absolute Gasteiger partial charge is 0.0435 e. The maximum atomic E-state index is 4.50. The fourth-order valence-electron chi connectivity index (χ4n) is 2.41. The molecule has 0 spiro atoms. The molecule has 2 N–H and O–H groups in total. The van der Waals surface area contributed by atoms with E-state index in [4.69, 9.17) is 0 Å². The number of aromatic nitrogens is 1. The topological polar surface area (TPSA) is 42.2 Å². The fourth-order valence-corrected chi connectivity index (χ4v) is 2.41. The largest absolute Gasteiger partial charge is 0.368 e. The molecule has 0 bridgehead atoms. The van der Waals surface area contributed by atoms with Crippen LogP contribution >= 0.6 is 0 Å². The van der Waals surface area contributed by atoms with Crippen LogP contribution in [0.25, 0.3) is 0 Å². The van der Waals surface area contributed by atoms with Gasteiger partial charge in [-0.1, -0.05) is 13.8 Å². The minimum atomic E-state index is 0.579. The van der Waals surface area contributed by atoms with Crippen molar-refractivity contribution < 1.29 is 0 Å². The van der Waals surface area contributed by atoms with E-state index >= 15 is 0 Å². The molecule has 0 saturated heterocycles. The molecule has 96 valence electrons. The lowest BCUT2D eigenvalue weighted by Gasteiger charge is -2.25. The molecular formula is C14H25N3. The summed E-state index contributed by atoms with van der Waals surface area (Å²) in [5.74, 6) is 1.34. The average Bonchev–Trinajstić information content (AvgIpc) is 2.71. The van der Waals surface area contributed by atoms with Crippen LogP contribution in [0.2, 0.25) is 0 Å². The highest BCUT2D eigenvalue weighted by Gasteiger charge is 2.31. The molecule has 1 unspecified atom stereocenters. The van der Waals surface area contributed by atoms with Gasteiger partial charge < -0.3 is 10.6 Å². The van der Waals surface area contributed by atoms with Crippen molar-refractivity contribution in [3.8, 4) is 0 Å². The predicted octanol–water partition coefficient (Wildman–Crippen LogP) is 2.62. The number of hydrogen-bond donors (Lipinski definition) is 1. The van der Waals surface area contributed by atoms with Crippen LogP contribution in [0.15, 0.2) is 18.5 Å². The highest BCUT2D eigenvalue weighted by molar-refractivity contribution is 5.59. The van der Waals surface area contributed by atoms with E-state index in [1.807, 2.05) is 12.4 Å². The van der Waals surface area contributed by atoms with Gasteiger partial charge in [-0.2, -0.15) is 0 Å². The summed E-state index contributed by atoms with van der Waals surface area (Å²) in [5, 5.41) is 0. The first-order chi connectivity index (χ1) is 8.11. The van der Waals surface area contributed by atoms with Gasteiger partial charge in [0, 0.05) is 36.6 Å². The molecule has 2 heterocycles. The quantitative estimate of drug-likeness (QED) is 0.857. The second kappa shape index (κ2) is 6.01. The second-order valence-electron chi connectivity index (χ2n) is 5.03. The highest BCUT2D eigenvalue weighted by Crippen LogP contribution is 2.40. The van der Waals surface area contributed by atoms with Crippen molar-refractivity contribution in [1.29, 1.82) is 0 Å². The van der Waals surface area contributed by atoms with E-state index in [0.717, 1.165) is 6.54 Å². The highest BCUT2D eigenvalue weighted by atomic mass is 15.2. The Morgan fingerprint density at radius 3 is 2.47 bits per heavy atom. The van der Waals surface area contributed by atoms with Gasteiger partial charge in [-0.15, -0.1) is 0 Å². The zero-order valence-electron chi connectivity index (χ0n) is 11.6. The summed E-state index contributed by atoms with van der Waals surface area (Å²) in [7, 11) is 1.50. The van der Waals surface area contributed by atoms with E-state index in [1.54, 1.807) is 0 Å². The average molecular weight is 235 g/mol. The molecule has 3 heteroatoms. The molecule has 1 aromatic rings.